The van der Waals surface area contributed by atoms with Crippen molar-refractivity contribution in [3.8, 4) is 5.75 Å². The summed E-state index contributed by atoms with van der Waals surface area (Å²) in [7, 11) is 0.150. The van der Waals surface area contributed by atoms with E-state index >= 15 is 0 Å². The third kappa shape index (κ3) is 4.83. The molecule has 6 nitrogen and oxygen atoms in total. The molecule has 0 aliphatic heterocycles. The summed E-state index contributed by atoms with van der Waals surface area (Å²) in [5.41, 5.74) is 0. The quantitative estimate of drug-likeness (QED) is 0.791. The first-order valence-electron chi connectivity index (χ1n) is 7.76. The Morgan fingerprint density at radius 2 is 1.83 bits per heavy atom. The van der Waals surface area contributed by atoms with Gasteiger partial charge in [0.1, 0.15) is 11.5 Å². The number of hydrogen-bond donors (Lipinski definition) is 1. The van der Waals surface area contributed by atoms with Crippen molar-refractivity contribution in [3.63, 3.8) is 0 Å². The Morgan fingerprint density at radius 3 is 2.33 bits per heavy atom. The van der Waals surface area contributed by atoms with Crippen LogP contribution in [-0.4, -0.2) is 40.1 Å². The number of ether oxygens (including phenoxy) is 1. The van der Waals surface area contributed by atoms with Gasteiger partial charge in [-0.05, 0) is 64.3 Å². The Balaban J connectivity index is 2.07. The van der Waals surface area contributed by atoms with Crippen LogP contribution in [0, 0.1) is 0 Å². The lowest BCUT2D eigenvalue weighted by molar-refractivity contribution is 0.242. The van der Waals surface area contributed by atoms with Crippen molar-refractivity contribution in [3.05, 3.63) is 48.4 Å². The van der Waals surface area contributed by atoms with Crippen molar-refractivity contribution in [2.24, 2.45) is 0 Å². The first-order chi connectivity index (χ1) is 11.3. The summed E-state index contributed by atoms with van der Waals surface area (Å²) in [4.78, 5) is 2.11. The molecule has 0 fully saturated rings. The van der Waals surface area contributed by atoms with Gasteiger partial charge >= 0.3 is 0 Å². The van der Waals surface area contributed by atoms with Gasteiger partial charge in [0.25, 0.3) is 0 Å². The zero-order valence-electron chi connectivity index (χ0n) is 14.4. The first-order valence-corrected chi connectivity index (χ1v) is 9.24. The number of sulfonamides is 1. The zero-order valence-corrected chi connectivity index (χ0v) is 15.2. The summed E-state index contributed by atoms with van der Waals surface area (Å²) < 4.78 is 38.5. The van der Waals surface area contributed by atoms with Crippen molar-refractivity contribution < 1.29 is 17.6 Å². The molecule has 0 bridgehead atoms. The van der Waals surface area contributed by atoms with Gasteiger partial charge in [-0.15, -0.1) is 0 Å². The van der Waals surface area contributed by atoms with Crippen LogP contribution in [0.1, 0.15) is 25.6 Å². The molecule has 0 spiro atoms. The molecule has 0 radical (unpaired) electrons. The van der Waals surface area contributed by atoms with Gasteiger partial charge in [0, 0.05) is 6.54 Å². The second-order valence-corrected chi connectivity index (χ2v) is 7.75. The lowest BCUT2D eigenvalue weighted by Crippen LogP contribution is -2.34. The molecule has 1 unspecified atom stereocenters. The minimum atomic E-state index is -3.60. The van der Waals surface area contributed by atoms with Crippen LogP contribution in [0.3, 0.4) is 0 Å². The Hall–Kier alpha value is -1.83. The Morgan fingerprint density at radius 1 is 1.17 bits per heavy atom. The summed E-state index contributed by atoms with van der Waals surface area (Å²) >= 11 is 0. The van der Waals surface area contributed by atoms with Crippen molar-refractivity contribution in [1.82, 2.24) is 9.62 Å². The highest BCUT2D eigenvalue weighted by Crippen LogP contribution is 2.20. The van der Waals surface area contributed by atoms with Gasteiger partial charge < -0.3 is 9.15 Å². The highest BCUT2D eigenvalue weighted by Gasteiger charge is 2.21. The van der Waals surface area contributed by atoms with Crippen LogP contribution < -0.4 is 9.46 Å². The van der Waals surface area contributed by atoms with E-state index in [4.69, 9.17) is 9.15 Å². The molecule has 24 heavy (non-hydrogen) atoms. The summed E-state index contributed by atoms with van der Waals surface area (Å²) in [6.07, 6.45) is 1.62. The van der Waals surface area contributed by atoms with Crippen molar-refractivity contribution >= 4 is 10.0 Å². The van der Waals surface area contributed by atoms with E-state index in [-0.39, 0.29) is 23.6 Å². The predicted octanol–water partition coefficient (Wildman–Crippen LogP) is 2.65. The summed E-state index contributed by atoms with van der Waals surface area (Å²) in [6.45, 7) is 4.05. The monoisotopic (exact) mass is 352 g/mol. The Kier molecular flexibility index (Phi) is 6.04. The number of likely N-dealkylation sites (N-methyl/N-ethyl adjacent to an activating group) is 1. The minimum Gasteiger partial charge on any atom is -0.491 e. The van der Waals surface area contributed by atoms with Crippen LogP contribution in [0.2, 0.25) is 0 Å². The maximum atomic E-state index is 12.5. The van der Waals surface area contributed by atoms with Gasteiger partial charge in [-0.25, -0.2) is 13.1 Å². The van der Waals surface area contributed by atoms with E-state index < -0.39 is 10.0 Å². The normalized spacial score (nSPS) is 13.4. The molecule has 0 amide bonds. The number of hydrogen-bond acceptors (Lipinski definition) is 5. The standard InChI is InChI=1S/C17H24N2O4S/c1-13(2)23-14-7-9-15(10-8-14)24(20,21)18-12-16(19(3)4)17-6-5-11-22-17/h5-11,13,16,18H,12H2,1-4H3. The molecule has 2 aromatic rings. The number of furan rings is 1. The molecular weight excluding hydrogens is 328 g/mol. The fourth-order valence-corrected chi connectivity index (χ4v) is 3.30. The maximum Gasteiger partial charge on any atom is 0.240 e. The van der Waals surface area contributed by atoms with Crippen LogP contribution >= 0.6 is 0 Å². The SMILES string of the molecule is CC(C)Oc1ccc(S(=O)(=O)NCC(c2ccco2)N(C)C)cc1. The van der Waals surface area contributed by atoms with Gasteiger partial charge in [-0.1, -0.05) is 0 Å². The molecule has 2 rings (SSSR count). The smallest absolute Gasteiger partial charge is 0.240 e. The fraction of sp³-hybridized carbons (Fsp3) is 0.412. The van der Waals surface area contributed by atoms with E-state index in [0.29, 0.717) is 11.5 Å². The molecule has 1 aromatic heterocycles. The number of rotatable bonds is 8. The van der Waals surface area contributed by atoms with Crippen molar-refractivity contribution in [2.45, 2.75) is 30.9 Å². The molecule has 1 heterocycles. The van der Waals surface area contributed by atoms with Gasteiger partial charge in [0.05, 0.1) is 23.3 Å². The van der Waals surface area contributed by atoms with E-state index in [0.717, 1.165) is 0 Å². The van der Waals surface area contributed by atoms with Gasteiger partial charge in [-0.2, -0.15) is 0 Å². The van der Waals surface area contributed by atoms with Crippen LogP contribution in [-0.2, 0) is 10.0 Å². The molecular formula is C17H24N2O4S. The summed E-state index contributed by atoms with van der Waals surface area (Å²) in [6, 6.07) is 9.83. The highest BCUT2D eigenvalue weighted by atomic mass is 32.2. The zero-order chi connectivity index (χ0) is 17.7. The van der Waals surface area contributed by atoms with E-state index in [1.807, 2.05) is 38.9 Å². The maximum absolute atomic E-state index is 12.5. The van der Waals surface area contributed by atoms with Crippen LogP contribution in [0.25, 0.3) is 0 Å². The third-order valence-electron chi connectivity index (χ3n) is 3.47. The van der Waals surface area contributed by atoms with Crippen LogP contribution in [0.15, 0.2) is 52.0 Å². The van der Waals surface area contributed by atoms with E-state index in [1.54, 1.807) is 24.5 Å². The second-order valence-electron chi connectivity index (χ2n) is 5.98. The molecule has 7 heteroatoms. The average molecular weight is 352 g/mol. The number of nitrogens with zero attached hydrogens (tertiary/aromatic N) is 1. The predicted molar refractivity (Wildman–Crippen MR) is 92.5 cm³/mol. The molecule has 1 atom stereocenters. The largest absolute Gasteiger partial charge is 0.491 e. The fourth-order valence-electron chi connectivity index (χ4n) is 2.26. The van der Waals surface area contributed by atoms with Gasteiger partial charge in [0.2, 0.25) is 10.0 Å². The molecule has 0 saturated heterocycles. The van der Waals surface area contributed by atoms with E-state index in [1.165, 1.54) is 12.1 Å². The third-order valence-corrected chi connectivity index (χ3v) is 4.91. The van der Waals surface area contributed by atoms with Crippen molar-refractivity contribution in [2.75, 3.05) is 20.6 Å². The minimum absolute atomic E-state index is 0.0414. The molecule has 1 aromatic carbocycles. The van der Waals surface area contributed by atoms with Crippen LogP contribution in [0.5, 0.6) is 5.75 Å². The lowest BCUT2D eigenvalue weighted by atomic mass is 10.2. The van der Waals surface area contributed by atoms with E-state index in [9.17, 15) is 8.42 Å². The first kappa shape index (κ1) is 18.5. The topological polar surface area (TPSA) is 71.8 Å². The summed E-state index contributed by atoms with van der Waals surface area (Å²) in [5.74, 6) is 1.36. The molecule has 0 saturated carbocycles. The van der Waals surface area contributed by atoms with E-state index in [2.05, 4.69) is 4.72 Å². The molecule has 0 aliphatic carbocycles. The number of nitrogens with one attached hydrogen (secondary N) is 1. The van der Waals surface area contributed by atoms with Crippen molar-refractivity contribution in [1.29, 1.82) is 0 Å². The second kappa shape index (κ2) is 7.83. The molecule has 1 N–H and O–H groups in total. The highest BCUT2D eigenvalue weighted by molar-refractivity contribution is 7.89. The van der Waals surface area contributed by atoms with Crippen LogP contribution in [0.4, 0.5) is 0 Å². The van der Waals surface area contributed by atoms with Gasteiger partial charge in [-0.3, -0.25) is 4.90 Å². The average Bonchev–Trinajstić information content (AvgIpc) is 3.01. The molecule has 132 valence electrons. The Bertz CT molecular complexity index is 722. The summed E-state index contributed by atoms with van der Waals surface area (Å²) in [5, 5.41) is 0. The lowest BCUT2D eigenvalue weighted by Gasteiger charge is -2.22. The number of benzene rings is 1. The Labute approximate surface area is 143 Å². The van der Waals surface area contributed by atoms with Gasteiger partial charge in [0.15, 0.2) is 0 Å². The molecule has 0 aliphatic rings.